The lowest BCUT2D eigenvalue weighted by Gasteiger charge is -2.20. The Morgan fingerprint density at radius 1 is 1.17 bits per heavy atom. The van der Waals surface area contributed by atoms with E-state index < -0.39 is 0 Å². The quantitative estimate of drug-likeness (QED) is 0.787. The fraction of sp³-hybridized carbons (Fsp3) is 0.533. The van der Waals surface area contributed by atoms with Crippen molar-refractivity contribution in [3.63, 3.8) is 0 Å². The summed E-state index contributed by atoms with van der Waals surface area (Å²) in [4.78, 5) is 11.8. The van der Waals surface area contributed by atoms with Gasteiger partial charge >= 0.3 is 0 Å². The van der Waals surface area contributed by atoms with Crippen LogP contribution in [0.3, 0.4) is 0 Å². The van der Waals surface area contributed by atoms with Gasteiger partial charge in [-0.1, -0.05) is 61.8 Å². The number of halogens is 1. The molecule has 1 aromatic carbocycles. The Bertz CT molecular complexity index is 387. The number of para-hydroxylation sites is 1. The Morgan fingerprint density at radius 3 is 2.06 bits per heavy atom. The van der Waals surface area contributed by atoms with E-state index in [0.29, 0.717) is 23.6 Å². The highest BCUT2D eigenvalue weighted by molar-refractivity contribution is 9.09. The van der Waals surface area contributed by atoms with Gasteiger partial charge < -0.3 is 5.32 Å². The lowest BCUT2D eigenvalue weighted by Crippen LogP contribution is -2.15. The van der Waals surface area contributed by atoms with Crippen LogP contribution in [-0.4, -0.2) is 11.2 Å². The number of nitrogens with one attached hydrogen (secondary N) is 1. The molecule has 0 saturated heterocycles. The molecular formula is C15H22BrNO. The maximum atomic E-state index is 11.8. The van der Waals surface area contributed by atoms with Gasteiger partial charge in [0.1, 0.15) is 0 Å². The Hall–Kier alpha value is -0.830. The lowest BCUT2D eigenvalue weighted by atomic mass is 9.92. The second-order valence-corrected chi connectivity index (χ2v) is 5.90. The molecule has 3 heteroatoms. The summed E-state index contributed by atoms with van der Waals surface area (Å²) in [6, 6.07) is 6.27. The molecule has 100 valence electrons. The Morgan fingerprint density at radius 2 is 1.67 bits per heavy atom. The fourth-order valence-corrected chi connectivity index (χ4v) is 2.34. The van der Waals surface area contributed by atoms with Crippen molar-refractivity contribution in [1.82, 2.24) is 0 Å². The molecule has 18 heavy (non-hydrogen) atoms. The SMILES string of the molecule is CC(C)c1cccc(C(C)C)c1NC(=O)CCBr. The van der Waals surface area contributed by atoms with Gasteiger partial charge in [0.2, 0.25) is 5.91 Å². The number of rotatable bonds is 5. The largest absolute Gasteiger partial charge is 0.326 e. The molecule has 0 aromatic heterocycles. The predicted octanol–water partition coefficient (Wildman–Crippen LogP) is 4.66. The van der Waals surface area contributed by atoms with E-state index in [-0.39, 0.29) is 5.91 Å². The first kappa shape index (κ1) is 15.2. The minimum Gasteiger partial charge on any atom is -0.326 e. The van der Waals surface area contributed by atoms with Crippen molar-refractivity contribution >= 4 is 27.5 Å². The van der Waals surface area contributed by atoms with E-state index in [4.69, 9.17) is 0 Å². The van der Waals surface area contributed by atoms with Gasteiger partial charge in [-0.15, -0.1) is 0 Å². The first-order valence-corrected chi connectivity index (χ1v) is 7.58. The normalized spacial score (nSPS) is 11.1. The lowest BCUT2D eigenvalue weighted by molar-refractivity contribution is -0.115. The van der Waals surface area contributed by atoms with Crippen LogP contribution in [0.1, 0.15) is 57.1 Å². The van der Waals surface area contributed by atoms with Gasteiger partial charge in [-0.05, 0) is 23.0 Å². The van der Waals surface area contributed by atoms with Crippen molar-refractivity contribution in [1.29, 1.82) is 0 Å². The third kappa shape index (κ3) is 3.84. The fourth-order valence-electron chi connectivity index (χ4n) is 1.98. The molecular weight excluding hydrogens is 290 g/mol. The van der Waals surface area contributed by atoms with Crippen molar-refractivity contribution in [2.24, 2.45) is 0 Å². The molecule has 0 saturated carbocycles. The standard InChI is InChI=1S/C15H22BrNO/c1-10(2)12-6-5-7-13(11(3)4)15(12)17-14(18)8-9-16/h5-7,10-11H,8-9H2,1-4H3,(H,17,18). The van der Waals surface area contributed by atoms with E-state index in [0.717, 1.165) is 5.69 Å². The van der Waals surface area contributed by atoms with Gasteiger partial charge in [0.05, 0.1) is 0 Å². The average molecular weight is 312 g/mol. The smallest absolute Gasteiger partial charge is 0.225 e. The molecule has 2 nitrogen and oxygen atoms in total. The molecule has 1 rings (SSSR count). The Kier molecular flexibility index (Phi) is 5.86. The van der Waals surface area contributed by atoms with Gasteiger partial charge in [0, 0.05) is 17.4 Å². The highest BCUT2D eigenvalue weighted by atomic mass is 79.9. The summed E-state index contributed by atoms with van der Waals surface area (Å²) < 4.78 is 0. The summed E-state index contributed by atoms with van der Waals surface area (Å²) in [7, 11) is 0. The van der Waals surface area contributed by atoms with Crippen molar-refractivity contribution in [3.05, 3.63) is 29.3 Å². The van der Waals surface area contributed by atoms with E-state index in [1.54, 1.807) is 0 Å². The van der Waals surface area contributed by atoms with Gasteiger partial charge in [0.25, 0.3) is 0 Å². The van der Waals surface area contributed by atoms with Gasteiger partial charge in [-0.25, -0.2) is 0 Å². The highest BCUT2D eigenvalue weighted by Gasteiger charge is 2.15. The molecule has 1 aromatic rings. The van der Waals surface area contributed by atoms with Gasteiger partial charge in [0.15, 0.2) is 0 Å². The zero-order valence-electron chi connectivity index (χ0n) is 11.6. The number of hydrogen-bond donors (Lipinski definition) is 1. The third-order valence-electron chi connectivity index (χ3n) is 2.96. The van der Waals surface area contributed by atoms with Crippen LogP contribution in [0.2, 0.25) is 0 Å². The number of anilines is 1. The zero-order chi connectivity index (χ0) is 13.7. The number of hydrogen-bond acceptors (Lipinski definition) is 1. The molecule has 1 N–H and O–H groups in total. The minimum absolute atomic E-state index is 0.0712. The molecule has 0 radical (unpaired) electrons. The number of carbonyl (C=O) groups is 1. The predicted molar refractivity (Wildman–Crippen MR) is 81.7 cm³/mol. The molecule has 0 heterocycles. The molecule has 0 atom stereocenters. The topological polar surface area (TPSA) is 29.1 Å². The number of benzene rings is 1. The van der Waals surface area contributed by atoms with Crippen LogP contribution in [0.5, 0.6) is 0 Å². The minimum atomic E-state index is 0.0712. The van der Waals surface area contributed by atoms with Crippen molar-refractivity contribution in [3.8, 4) is 0 Å². The number of alkyl halides is 1. The van der Waals surface area contributed by atoms with Crippen molar-refractivity contribution in [2.45, 2.75) is 46.0 Å². The van der Waals surface area contributed by atoms with Crippen molar-refractivity contribution < 1.29 is 4.79 Å². The van der Waals surface area contributed by atoms with Crippen LogP contribution in [0.15, 0.2) is 18.2 Å². The third-order valence-corrected chi connectivity index (χ3v) is 3.36. The van der Waals surface area contributed by atoms with E-state index in [2.05, 4.69) is 67.1 Å². The molecule has 0 aliphatic heterocycles. The summed E-state index contributed by atoms with van der Waals surface area (Å²) in [5, 5.41) is 3.77. The molecule has 0 unspecified atom stereocenters. The summed E-state index contributed by atoms with van der Waals surface area (Å²) in [5.74, 6) is 0.882. The molecule has 0 aliphatic rings. The Labute approximate surface area is 118 Å². The number of carbonyl (C=O) groups excluding carboxylic acids is 1. The summed E-state index contributed by atoms with van der Waals surface area (Å²) in [5.41, 5.74) is 3.43. The monoisotopic (exact) mass is 311 g/mol. The van der Waals surface area contributed by atoms with Crippen LogP contribution in [0.4, 0.5) is 5.69 Å². The van der Waals surface area contributed by atoms with E-state index in [1.165, 1.54) is 11.1 Å². The summed E-state index contributed by atoms with van der Waals surface area (Å²) >= 11 is 3.30. The zero-order valence-corrected chi connectivity index (χ0v) is 13.2. The van der Waals surface area contributed by atoms with E-state index in [1.807, 2.05) is 0 Å². The molecule has 0 bridgehead atoms. The first-order valence-electron chi connectivity index (χ1n) is 6.46. The maximum absolute atomic E-state index is 11.8. The van der Waals surface area contributed by atoms with Crippen LogP contribution >= 0.6 is 15.9 Å². The first-order chi connectivity index (χ1) is 8.47. The molecule has 1 amide bonds. The second-order valence-electron chi connectivity index (χ2n) is 5.11. The average Bonchev–Trinajstić information content (AvgIpc) is 2.28. The van der Waals surface area contributed by atoms with Gasteiger partial charge in [-0.2, -0.15) is 0 Å². The summed E-state index contributed by atoms with van der Waals surface area (Å²) in [6.45, 7) is 8.61. The van der Waals surface area contributed by atoms with Crippen molar-refractivity contribution in [2.75, 3.05) is 10.6 Å². The highest BCUT2D eigenvalue weighted by Crippen LogP contribution is 2.32. The Balaban J connectivity index is 3.14. The van der Waals surface area contributed by atoms with Crippen LogP contribution < -0.4 is 5.32 Å². The molecule has 0 aliphatic carbocycles. The van der Waals surface area contributed by atoms with Gasteiger partial charge in [-0.3, -0.25) is 4.79 Å². The number of amides is 1. The van der Waals surface area contributed by atoms with E-state index in [9.17, 15) is 4.79 Å². The second kappa shape index (κ2) is 6.93. The summed E-state index contributed by atoms with van der Waals surface area (Å²) in [6.07, 6.45) is 0.504. The van der Waals surface area contributed by atoms with E-state index >= 15 is 0 Å². The molecule has 0 spiro atoms. The maximum Gasteiger partial charge on any atom is 0.225 e. The van der Waals surface area contributed by atoms with Crippen LogP contribution in [0.25, 0.3) is 0 Å². The van der Waals surface area contributed by atoms with Crippen LogP contribution in [-0.2, 0) is 4.79 Å². The molecule has 0 fully saturated rings. The van der Waals surface area contributed by atoms with Crippen LogP contribution in [0, 0.1) is 0 Å².